The SMILES string of the molecule is [CH]1OCC2(COCOC2)CS1. The summed E-state index contributed by atoms with van der Waals surface area (Å²) in [6, 6.07) is 0. The highest BCUT2D eigenvalue weighted by Crippen LogP contribution is 2.33. The van der Waals surface area contributed by atoms with Crippen LogP contribution >= 0.6 is 11.8 Å². The van der Waals surface area contributed by atoms with Gasteiger partial charge in [-0.1, -0.05) is 0 Å². The van der Waals surface area contributed by atoms with Crippen LogP contribution in [-0.4, -0.2) is 32.4 Å². The molecule has 2 fully saturated rings. The molecule has 1 spiro atoms. The fraction of sp³-hybridized carbons (Fsp3) is 0.857. The zero-order valence-electron chi connectivity index (χ0n) is 6.25. The molecule has 0 aromatic rings. The maximum Gasteiger partial charge on any atom is 0.146 e. The highest BCUT2D eigenvalue weighted by atomic mass is 32.2. The molecule has 0 aliphatic carbocycles. The highest BCUT2D eigenvalue weighted by molar-refractivity contribution is 8.01. The average molecular weight is 175 g/mol. The first-order valence-corrected chi connectivity index (χ1v) is 4.67. The predicted molar refractivity (Wildman–Crippen MR) is 41.9 cm³/mol. The van der Waals surface area contributed by atoms with E-state index in [2.05, 4.69) is 0 Å². The third kappa shape index (κ3) is 1.69. The number of hydrogen-bond donors (Lipinski definition) is 0. The average Bonchev–Trinajstić information content (AvgIpc) is 2.07. The van der Waals surface area contributed by atoms with E-state index >= 15 is 0 Å². The highest BCUT2D eigenvalue weighted by Gasteiger charge is 2.36. The Bertz CT molecular complexity index is 108. The van der Waals surface area contributed by atoms with Gasteiger partial charge in [0.1, 0.15) is 12.7 Å². The van der Waals surface area contributed by atoms with E-state index in [9.17, 15) is 0 Å². The maximum absolute atomic E-state index is 5.24. The summed E-state index contributed by atoms with van der Waals surface area (Å²) in [6.45, 7) is 2.72. The Morgan fingerprint density at radius 1 is 1.18 bits per heavy atom. The van der Waals surface area contributed by atoms with E-state index < -0.39 is 0 Å². The molecule has 2 saturated heterocycles. The van der Waals surface area contributed by atoms with E-state index in [-0.39, 0.29) is 5.41 Å². The van der Waals surface area contributed by atoms with Gasteiger partial charge in [-0.15, -0.1) is 11.8 Å². The van der Waals surface area contributed by atoms with Crippen LogP contribution in [0.1, 0.15) is 0 Å². The smallest absolute Gasteiger partial charge is 0.146 e. The van der Waals surface area contributed by atoms with Gasteiger partial charge in [-0.25, -0.2) is 0 Å². The van der Waals surface area contributed by atoms with Crippen molar-refractivity contribution < 1.29 is 14.2 Å². The topological polar surface area (TPSA) is 27.7 Å². The van der Waals surface area contributed by atoms with Crippen molar-refractivity contribution in [1.82, 2.24) is 0 Å². The Balaban J connectivity index is 1.94. The summed E-state index contributed by atoms with van der Waals surface area (Å²) in [5, 5.41) is 0. The summed E-state index contributed by atoms with van der Waals surface area (Å²) in [5.41, 5.74) is 0.123. The molecule has 2 rings (SSSR count). The van der Waals surface area contributed by atoms with E-state index in [1.54, 1.807) is 17.7 Å². The monoisotopic (exact) mass is 175 g/mol. The Morgan fingerprint density at radius 2 is 2.00 bits per heavy atom. The molecule has 0 amide bonds. The Hall–Kier alpha value is 0.230. The van der Waals surface area contributed by atoms with Crippen LogP contribution in [0.2, 0.25) is 0 Å². The van der Waals surface area contributed by atoms with E-state index in [4.69, 9.17) is 14.2 Å². The lowest BCUT2D eigenvalue weighted by Crippen LogP contribution is -2.44. The second-order valence-corrected chi connectivity index (χ2v) is 3.85. The molecule has 0 aromatic carbocycles. The molecule has 2 heterocycles. The van der Waals surface area contributed by atoms with Crippen LogP contribution < -0.4 is 0 Å². The minimum Gasteiger partial charge on any atom is -0.363 e. The maximum atomic E-state index is 5.24. The minimum atomic E-state index is 0.123. The molecule has 0 bridgehead atoms. The Morgan fingerprint density at radius 3 is 2.64 bits per heavy atom. The largest absolute Gasteiger partial charge is 0.363 e. The van der Waals surface area contributed by atoms with Gasteiger partial charge < -0.3 is 14.2 Å². The van der Waals surface area contributed by atoms with Gasteiger partial charge in [0.2, 0.25) is 0 Å². The third-order valence-corrected chi connectivity index (χ3v) is 2.95. The standard InChI is InChI=1S/C7H11O3S/c1-7(2-9-5-8-1)3-10-6-11-4-7/h6H,1-5H2. The van der Waals surface area contributed by atoms with Crippen molar-refractivity contribution in [2.75, 3.05) is 32.4 Å². The van der Waals surface area contributed by atoms with Crippen LogP contribution in [0.5, 0.6) is 0 Å². The molecule has 0 atom stereocenters. The van der Waals surface area contributed by atoms with Crippen molar-refractivity contribution in [3.63, 3.8) is 0 Å². The van der Waals surface area contributed by atoms with Crippen molar-refractivity contribution in [3.8, 4) is 0 Å². The van der Waals surface area contributed by atoms with E-state index in [1.165, 1.54) is 0 Å². The molecule has 0 unspecified atom stereocenters. The molecule has 3 nitrogen and oxygen atoms in total. The molecule has 2 aliphatic heterocycles. The quantitative estimate of drug-likeness (QED) is 0.546. The fourth-order valence-electron chi connectivity index (χ4n) is 1.29. The van der Waals surface area contributed by atoms with Crippen molar-refractivity contribution in [3.05, 3.63) is 5.94 Å². The molecule has 11 heavy (non-hydrogen) atoms. The summed E-state index contributed by atoms with van der Waals surface area (Å²) < 4.78 is 15.7. The summed E-state index contributed by atoms with van der Waals surface area (Å²) in [4.78, 5) is 0. The van der Waals surface area contributed by atoms with Crippen molar-refractivity contribution in [2.45, 2.75) is 0 Å². The zero-order chi connectivity index (χ0) is 7.57. The van der Waals surface area contributed by atoms with Gasteiger partial charge in [0.25, 0.3) is 0 Å². The summed E-state index contributed by atoms with van der Waals surface area (Å²) in [7, 11) is 0. The van der Waals surface area contributed by atoms with E-state index in [1.807, 2.05) is 0 Å². The number of hydrogen-bond acceptors (Lipinski definition) is 4. The van der Waals surface area contributed by atoms with Crippen LogP contribution in [0.15, 0.2) is 0 Å². The summed E-state index contributed by atoms with van der Waals surface area (Å²) >= 11 is 1.69. The fourth-order valence-corrected chi connectivity index (χ4v) is 2.13. The lowest BCUT2D eigenvalue weighted by atomic mass is 9.93. The summed E-state index contributed by atoms with van der Waals surface area (Å²) in [6.07, 6.45) is 0. The lowest BCUT2D eigenvalue weighted by molar-refractivity contribution is -0.171. The molecule has 63 valence electrons. The molecule has 2 aliphatic rings. The van der Waals surface area contributed by atoms with Gasteiger partial charge in [-0.3, -0.25) is 0 Å². The van der Waals surface area contributed by atoms with E-state index in [0.717, 1.165) is 25.6 Å². The van der Waals surface area contributed by atoms with Crippen molar-refractivity contribution in [2.24, 2.45) is 5.41 Å². The Labute approximate surface area is 70.4 Å². The lowest BCUT2D eigenvalue weighted by Gasteiger charge is -2.38. The normalized spacial score (nSPS) is 30.5. The van der Waals surface area contributed by atoms with Gasteiger partial charge in [0.05, 0.1) is 19.8 Å². The van der Waals surface area contributed by atoms with Gasteiger partial charge >= 0.3 is 0 Å². The van der Waals surface area contributed by atoms with Crippen LogP contribution in [-0.2, 0) is 14.2 Å². The predicted octanol–water partition coefficient (Wildman–Crippen LogP) is 0.860. The number of rotatable bonds is 0. The molecule has 1 radical (unpaired) electrons. The summed E-state index contributed by atoms with van der Waals surface area (Å²) in [5.74, 6) is 2.84. The van der Waals surface area contributed by atoms with Gasteiger partial charge in [0, 0.05) is 11.2 Å². The number of ether oxygens (including phenoxy) is 3. The first kappa shape index (κ1) is 7.86. The van der Waals surface area contributed by atoms with Crippen molar-refractivity contribution in [1.29, 1.82) is 0 Å². The van der Waals surface area contributed by atoms with Gasteiger partial charge in [-0.2, -0.15) is 0 Å². The molecule has 0 aromatic heterocycles. The zero-order valence-corrected chi connectivity index (χ0v) is 7.06. The molecule has 4 heteroatoms. The molecule has 0 saturated carbocycles. The molecular formula is C7H11O3S. The molecule has 0 N–H and O–H groups in total. The van der Waals surface area contributed by atoms with Crippen LogP contribution in [0.25, 0.3) is 0 Å². The van der Waals surface area contributed by atoms with Crippen molar-refractivity contribution >= 4 is 11.8 Å². The number of thioether (sulfide) groups is 1. The van der Waals surface area contributed by atoms with E-state index in [0.29, 0.717) is 6.79 Å². The second-order valence-electron chi connectivity index (χ2n) is 3.03. The van der Waals surface area contributed by atoms with Gasteiger partial charge in [-0.05, 0) is 0 Å². The van der Waals surface area contributed by atoms with Crippen LogP contribution in [0, 0.1) is 11.4 Å². The third-order valence-electron chi connectivity index (χ3n) is 1.90. The first-order chi connectivity index (χ1) is 5.41. The first-order valence-electron chi connectivity index (χ1n) is 3.62. The Kier molecular flexibility index (Phi) is 2.36. The van der Waals surface area contributed by atoms with Gasteiger partial charge in [0.15, 0.2) is 0 Å². The second kappa shape index (κ2) is 3.31. The molecular weight excluding hydrogens is 164 g/mol. The minimum absolute atomic E-state index is 0.123. The van der Waals surface area contributed by atoms with Crippen LogP contribution in [0.4, 0.5) is 0 Å². The van der Waals surface area contributed by atoms with Crippen LogP contribution in [0.3, 0.4) is 0 Å².